The lowest BCUT2D eigenvalue weighted by Gasteiger charge is -2.20. The number of ether oxygens (including phenoxy) is 1. The Morgan fingerprint density at radius 3 is 2.31 bits per heavy atom. The third kappa shape index (κ3) is 13.5. The summed E-state index contributed by atoms with van der Waals surface area (Å²) in [5, 5.41) is 8.48. The van der Waals surface area contributed by atoms with Gasteiger partial charge in [-0.2, -0.15) is 0 Å². The van der Waals surface area contributed by atoms with E-state index in [4.69, 9.17) is 10.5 Å². The molecule has 10 nitrogen and oxygen atoms in total. The predicted molar refractivity (Wildman–Crippen MR) is 155 cm³/mol. The van der Waals surface area contributed by atoms with Gasteiger partial charge in [0.05, 0.1) is 19.0 Å². The normalized spacial score (nSPS) is 11.0. The number of aromatic amines is 1. The summed E-state index contributed by atoms with van der Waals surface area (Å²) in [7, 11) is 0. The van der Waals surface area contributed by atoms with Gasteiger partial charge in [0.2, 0.25) is 5.91 Å². The zero-order chi connectivity index (χ0) is 28.3. The van der Waals surface area contributed by atoms with E-state index >= 15 is 0 Å². The van der Waals surface area contributed by atoms with Crippen LogP contribution in [-0.2, 0) is 27.3 Å². The number of esters is 1. The number of anilines is 2. The van der Waals surface area contributed by atoms with Gasteiger partial charge in [-0.1, -0.05) is 82.9 Å². The van der Waals surface area contributed by atoms with Crippen molar-refractivity contribution in [3.63, 3.8) is 0 Å². The molecule has 0 fully saturated rings. The molecule has 2 aromatic heterocycles. The van der Waals surface area contributed by atoms with E-state index in [1.807, 2.05) is 0 Å². The fourth-order valence-electron chi connectivity index (χ4n) is 4.41. The lowest BCUT2D eigenvalue weighted by molar-refractivity contribution is -0.139. The summed E-state index contributed by atoms with van der Waals surface area (Å²) in [6.45, 7) is 8.90. The van der Waals surface area contributed by atoms with Crippen LogP contribution in [0.2, 0.25) is 0 Å². The Hall–Kier alpha value is -3.17. The standard InChI is InChI=1S/C29H49N7O3/c1-4-5-6-7-8-9-10-11-12-13-14-20-36(27(37)18-15-17-25-22-31-29(30)32-25)26-23-35(34-33-26)19-16-21-39-28(38)24(2)3/h22-23H,2,4-21H2,1,3H3,(H3,30,31,32). The molecule has 0 atom stereocenters. The van der Waals surface area contributed by atoms with Gasteiger partial charge in [0.25, 0.3) is 0 Å². The first-order valence-corrected chi connectivity index (χ1v) is 14.7. The minimum atomic E-state index is -0.393. The number of aromatic nitrogens is 5. The SMILES string of the molecule is C=C(C)C(=O)OCCCn1cc(N(CCCCCCCCCCCCC)C(=O)CCCc2cnc(N)[nH]2)nn1. The fourth-order valence-corrected chi connectivity index (χ4v) is 4.41. The lowest BCUT2D eigenvalue weighted by Crippen LogP contribution is -2.32. The average molecular weight is 544 g/mol. The number of carbonyl (C=O) groups is 2. The van der Waals surface area contributed by atoms with Crippen LogP contribution in [-0.4, -0.2) is 50.0 Å². The first-order chi connectivity index (χ1) is 18.9. The second-order valence-electron chi connectivity index (χ2n) is 10.3. The Morgan fingerprint density at radius 2 is 1.69 bits per heavy atom. The van der Waals surface area contributed by atoms with Gasteiger partial charge in [-0.05, 0) is 26.2 Å². The number of nitrogens with two attached hydrogens (primary N) is 1. The molecule has 0 aliphatic carbocycles. The molecule has 2 aromatic rings. The van der Waals surface area contributed by atoms with Crippen LogP contribution in [0.25, 0.3) is 0 Å². The third-order valence-electron chi connectivity index (χ3n) is 6.69. The van der Waals surface area contributed by atoms with Crippen molar-refractivity contribution >= 4 is 23.6 Å². The van der Waals surface area contributed by atoms with Crippen molar-refractivity contribution in [1.29, 1.82) is 0 Å². The van der Waals surface area contributed by atoms with Gasteiger partial charge in [-0.3, -0.25) is 14.4 Å². The molecule has 0 unspecified atom stereocenters. The molecule has 0 bridgehead atoms. The van der Waals surface area contributed by atoms with E-state index in [9.17, 15) is 9.59 Å². The highest BCUT2D eigenvalue weighted by atomic mass is 16.5. The Labute approximate surface area is 233 Å². The number of hydrogen-bond acceptors (Lipinski definition) is 7. The smallest absolute Gasteiger partial charge is 0.333 e. The topological polar surface area (TPSA) is 132 Å². The molecular weight excluding hydrogens is 494 g/mol. The van der Waals surface area contributed by atoms with Crippen molar-refractivity contribution in [2.75, 3.05) is 23.8 Å². The Kier molecular flexibility index (Phi) is 15.6. The molecule has 0 spiro atoms. The molecule has 0 aromatic carbocycles. The Balaban J connectivity index is 1.80. The van der Waals surface area contributed by atoms with Gasteiger partial charge < -0.3 is 15.5 Å². The maximum absolute atomic E-state index is 13.2. The highest BCUT2D eigenvalue weighted by molar-refractivity contribution is 5.92. The van der Waals surface area contributed by atoms with Crippen molar-refractivity contribution in [3.8, 4) is 0 Å². The van der Waals surface area contributed by atoms with E-state index in [1.54, 1.807) is 28.9 Å². The molecule has 3 N–H and O–H groups in total. The van der Waals surface area contributed by atoms with Crippen LogP contribution >= 0.6 is 0 Å². The number of unbranched alkanes of at least 4 members (excludes halogenated alkanes) is 10. The molecule has 2 heterocycles. The van der Waals surface area contributed by atoms with Crippen molar-refractivity contribution in [1.82, 2.24) is 25.0 Å². The minimum absolute atomic E-state index is 0.0389. The molecule has 1 amide bonds. The highest BCUT2D eigenvalue weighted by Gasteiger charge is 2.19. The zero-order valence-corrected chi connectivity index (χ0v) is 24.1. The molecule has 2 rings (SSSR count). The van der Waals surface area contributed by atoms with Crippen LogP contribution in [0.4, 0.5) is 11.8 Å². The second-order valence-corrected chi connectivity index (χ2v) is 10.3. The Bertz CT molecular complexity index is 985. The quantitative estimate of drug-likeness (QED) is 0.110. The number of hydrogen-bond donors (Lipinski definition) is 2. The molecule has 39 heavy (non-hydrogen) atoms. The van der Waals surface area contributed by atoms with Crippen LogP contribution in [0.5, 0.6) is 0 Å². The number of amides is 1. The number of H-pyrrole nitrogens is 1. The van der Waals surface area contributed by atoms with E-state index < -0.39 is 5.97 Å². The largest absolute Gasteiger partial charge is 0.462 e. The van der Waals surface area contributed by atoms with Crippen LogP contribution in [0, 0.1) is 0 Å². The van der Waals surface area contributed by atoms with Gasteiger partial charge in [-0.25, -0.2) is 9.78 Å². The summed E-state index contributed by atoms with van der Waals surface area (Å²) >= 11 is 0. The number of nitrogens with zero attached hydrogens (tertiary/aromatic N) is 5. The van der Waals surface area contributed by atoms with Gasteiger partial charge in [0, 0.05) is 37.2 Å². The van der Waals surface area contributed by atoms with E-state index in [2.05, 4.69) is 33.8 Å². The first-order valence-electron chi connectivity index (χ1n) is 14.7. The second kappa shape index (κ2) is 19.0. The van der Waals surface area contributed by atoms with Crippen LogP contribution in [0.15, 0.2) is 24.5 Å². The first kappa shape index (κ1) is 32.0. The number of carbonyl (C=O) groups excluding carboxylic acids is 2. The van der Waals surface area contributed by atoms with Crippen molar-refractivity contribution in [2.45, 2.75) is 117 Å². The summed E-state index contributed by atoms with van der Waals surface area (Å²) in [5.41, 5.74) is 6.96. The maximum atomic E-state index is 13.2. The molecule has 0 aliphatic rings. The minimum Gasteiger partial charge on any atom is -0.462 e. The molecule has 10 heteroatoms. The number of nitrogens with one attached hydrogen (secondary N) is 1. The number of imidazole rings is 1. The lowest BCUT2D eigenvalue weighted by atomic mass is 10.1. The summed E-state index contributed by atoms with van der Waals surface area (Å²) in [6.07, 6.45) is 19.7. The van der Waals surface area contributed by atoms with Gasteiger partial charge in [0.15, 0.2) is 11.8 Å². The monoisotopic (exact) mass is 543 g/mol. The zero-order valence-electron chi connectivity index (χ0n) is 24.1. The molecule has 0 radical (unpaired) electrons. The molecule has 0 aliphatic heterocycles. The molecule has 0 saturated carbocycles. The number of aryl methyl sites for hydroxylation is 2. The highest BCUT2D eigenvalue weighted by Crippen LogP contribution is 2.16. The van der Waals surface area contributed by atoms with E-state index in [1.165, 1.54) is 57.8 Å². The van der Waals surface area contributed by atoms with Crippen LogP contribution < -0.4 is 10.6 Å². The molecule has 218 valence electrons. The maximum Gasteiger partial charge on any atom is 0.333 e. The number of nitrogen functional groups attached to an aromatic ring is 1. The average Bonchev–Trinajstić information content (AvgIpc) is 3.55. The van der Waals surface area contributed by atoms with Gasteiger partial charge in [-0.15, -0.1) is 5.10 Å². The molecular formula is C29H49N7O3. The van der Waals surface area contributed by atoms with E-state index in [0.717, 1.165) is 18.5 Å². The van der Waals surface area contributed by atoms with Gasteiger partial charge >= 0.3 is 5.97 Å². The number of rotatable bonds is 22. The summed E-state index contributed by atoms with van der Waals surface area (Å²) in [4.78, 5) is 33.5. The van der Waals surface area contributed by atoms with Gasteiger partial charge in [0.1, 0.15) is 0 Å². The van der Waals surface area contributed by atoms with Crippen LogP contribution in [0.3, 0.4) is 0 Å². The third-order valence-corrected chi connectivity index (χ3v) is 6.69. The van der Waals surface area contributed by atoms with Crippen LogP contribution in [0.1, 0.15) is 109 Å². The van der Waals surface area contributed by atoms with E-state index in [-0.39, 0.29) is 12.5 Å². The summed E-state index contributed by atoms with van der Waals surface area (Å²) in [6, 6.07) is 0. The fraction of sp³-hybridized carbons (Fsp3) is 0.690. The summed E-state index contributed by atoms with van der Waals surface area (Å²) < 4.78 is 6.84. The van der Waals surface area contributed by atoms with Crippen molar-refractivity contribution in [2.24, 2.45) is 0 Å². The Morgan fingerprint density at radius 1 is 1.03 bits per heavy atom. The molecule has 0 saturated heterocycles. The van der Waals surface area contributed by atoms with E-state index in [0.29, 0.717) is 56.1 Å². The van der Waals surface area contributed by atoms with Crippen molar-refractivity contribution in [3.05, 3.63) is 30.2 Å². The van der Waals surface area contributed by atoms with Crippen molar-refractivity contribution < 1.29 is 14.3 Å². The predicted octanol–water partition coefficient (Wildman–Crippen LogP) is 5.76. The summed E-state index contributed by atoms with van der Waals surface area (Å²) in [5.74, 6) is 0.602.